The molecule has 0 amide bonds. The van der Waals surface area contributed by atoms with Gasteiger partial charge < -0.3 is 5.32 Å². The first-order valence-corrected chi connectivity index (χ1v) is 5.24. The molecule has 0 saturated heterocycles. The molecule has 0 aromatic carbocycles. The number of fused-ring (bicyclic) bond motifs is 1. The number of halogens is 1. The zero-order valence-corrected chi connectivity index (χ0v) is 9.48. The van der Waals surface area contributed by atoms with E-state index in [1.807, 2.05) is 6.20 Å². The number of pyridine rings is 1. The van der Waals surface area contributed by atoms with Gasteiger partial charge in [-0.3, -0.25) is 4.98 Å². The van der Waals surface area contributed by atoms with Crippen molar-refractivity contribution in [1.29, 1.82) is 0 Å². The zero-order chi connectivity index (χ0) is 9.47. The molecular formula is C10H13BrN2. The van der Waals surface area contributed by atoms with Crippen LogP contribution in [0.25, 0.3) is 0 Å². The van der Waals surface area contributed by atoms with Crippen LogP contribution in [0.15, 0.2) is 16.7 Å². The molecule has 0 unspecified atom stereocenters. The lowest BCUT2D eigenvalue weighted by Crippen LogP contribution is -2.39. The lowest BCUT2D eigenvalue weighted by Gasteiger charge is -2.31. The van der Waals surface area contributed by atoms with Gasteiger partial charge in [-0.15, -0.1) is 0 Å². The van der Waals surface area contributed by atoms with Crippen molar-refractivity contribution in [3.05, 3.63) is 28.0 Å². The predicted octanol–water partition coefficient (Wildman–Crippen LogP) is 2.22. The first kappa shape index (κ1) is 9.16. The standard InChI is InChI=1S/C10H13BrN2/c1-10(2)6-12-4-7-3-8(11)5-13-9(7)10/h3,5,12H,4,6H2,1-2H3. The summed E-state index contributed by atoms with van der Waals surface area (Å²) in [5, 5.41) is 3.40. The number of hydrogen-bond donors (Lipinski definition) is 1. The minimum absolute atomic E-state index is 0.161. The maximum Gasteiger partial charge on any atom is 0.0518 e. The smallest absolute Gasteiger partial charge is 0.0518 e. The minimum Gasteiger partial charge on any atom is -0.312 e. The summed E-state index contributed by atoms with van der Waals surface area (Å²) < 4.78 is 1.06. The largest absolute Gasteiger partial charge is 0.312 e. The van der Waals surface area contributed by atoms with E-state index in [0.29, 0.717) is 0 Å². The van der Waals surface area contributed by atoms with E-state index in [0.717, 1.165) is 17.6 Å². The molecule has 1 aromatic rings. The molecule has 0 atom stereocenters. The van der Waals surface area contributed by atoms with Crippen LogP contribution < -0.4 is 5.32 Å². The van der Waals surface area contributed by atoms with E-state index in [9.17, 15) is 0 Å². The highest BCUT2D eigenvalue weighted by atomic mass is 79.9. The summed E-state index contributed by atoms with van der Waals surface area (Å²) in [6, 6.07) is 2.15. The van der Waals surface area contributed by atoms with Crippen LogP contribution in [-0.2, 0) is 12.0 Å². The molecule has 0 bridgehead atoms. The van der Waals surface area contributed by atoms with Gasteiger partial charge >= 0.3 is 0 Å². The number of hydrogen-bond acceptors (Lipinski definition) is 2. The maximum atomic E-state index is 4.48. The Morgan fingerprint density at radius 1 is 1.54 bits per heavy atom. The van der Waals surface area contributed by atoms with Crippen molar-refractivity contribution >= 4 is 15.9 Å². The summed E-state index contributed by atoms with van der Waals surface area (Å²) in [6.45, 7) is 6.39. The maximum absolute atomic E-state index is 4.48. The van der Waals surface area contributed by atoms with Gasteiger partial charge in [0.05, 0.1) is 5.69 Å². The van der Waals surface area contributed by atoms with Crippen molar-refractivity contribution in [1.82, 2.24) is 10.3 Å². The van der Waals surface area contributed by atoms with Crippen molar-refractivity contribution < 1.29 is 0 Å². The average molecular weight is 241 g/mol. The zero-order valence-electron chi connectivity index (χ0n) is 7.89. The highest BCUT2D eigenvalue weighted by molar-refractivity contribution is 9.10. The summed E-state index contributed by atoms with van der Waals surface area (Å²) in [7, 11) is 0. The first-order valence-electron chi connectivity index (χ1n) is 4.45. The van der Waals surface area contributed by atoms with E-state index in [-0.39, 0.29) is 5.41 Å². The Bertz CT molecular complexity index is 334. The fourth-order valence-electron chi connectivity index (χ4n) is 1.82. The molecule has 2 nitrogen and oxygen atoms in total. The van der Waals surface area contributed by atoms with Crippen molar-refractivity contribution in [3.63, 3.8) is 0 Å². The van der Waals surface area contributed by atoms with Crippen LogP contribution in [-0.4, -0.2) is 11.5 Å². The van der Waals surface area contributed by atoms with Gasteiger partial charge in [-0.2, -0.15) is 0 Å². The van der Waals surface area contributed by atoms with Crippen LogP contribution in [0.3, 0.4) is 0 Å². The molecule has 0 radical (unpaired) electrons. The van der Waals surface area contributed by atoms with Gasteiger partial charge in [-0.1, -0.05) is 13.8 Å². The second-order valence-corrected chi connectivity index (χ2v) is 5.06. The molecule has 1 aromatic heterocycles. The molecule has 1 aliphatic rings. The molecule has 3 heteroatoms. The molecule has 0 fully saturated rings. The summed E-state index contributed by atoms with van der Waals surface area (Å²) in [4.78, 5) is 4.48. The van der Waals surface area contributed by atoms with Gasteiger partial charge in [0.2, 0.25) is 0 Å². The Balaban J connectivity index is 2.53. The number of nitrogens with one attached hydrogen (secondary N) is 1. The minimum atomic E-state index is 0.161. The molecule has 2 rings (SSSR count). The van der Waals surface area contributed by atoms with Crippen molar-refractivity contribution in [2.75, 3.05) is 6.54 Å². The quantitative estimate of drug-likeness (QED) is 0.753. The van der Waals surface area contributed by atoms with Gasteiger partial charge in [0.1, 0.15) is 0 Å². The van der Waals surface area contributed by atoms with Crippen LogP contribution >= 0.6 is 15.9 Å². The van der Waals surface area contributed by atoms with E-state index in [1.54, 1.807) is 0 Å². The third-order valence-corrected chi connectivity index (χ3v) is 2.89. The normalized spacial score (nSPS) is 19.6. The summed E-state index contributed by atoms with van der Waals surface area (Å²) in [5.41, 5.74) is 2.70. The van der Waals surface area contributed by atoms with Crippen LogP contribution in [0.4, 0.5) is 0 Å². The fraction of sp³-hybridized carbons (Fsp3) is 0.500. The number of nitrogens with zero attached hydrogens (tertiary/aromatic N) is 1. The van der Waals surface area contributed by atoms with Crippen molar-refractivity contribution in [2.24, 2.45) is 0 Å². The Morgan fingerprint density at radius 3 is 3.08 bits per heavy atom. The SMILES string of the molecule is CC1(C)CNCc2cc(Br)cnc21. The van der Waals surface area contributed by atoms with Crippen molar-refractivity contribution in [2.45, 2.75) is 25.8 Å². The van der Waals surface area contributed by atoms with E-state index in [2.05, 4.69) is 46.1 Å². The van der Waals surface area contributed by atoms with Crippen LogP contribution in [0, 0.1) is 0 Å². The van der Waals surface area contributed by atoms with E-state index in [1.165, 1.54) is 11.3 Å². The number of rotatable bonds is 0. The molecule has 0 spiro atoms. The Morgan fingerprint density at radius 2 is 2.31 bits per heavy atom. The second-order valence-electron chi connectivity index (χ2n) is 4.15. The van der Waals surface area contributed by atoms with Gasteiger partial charge in [0.15, 0.2) is 0 Å². The van der Waals surface area contributed by atoms with E-state index >= 15 is 0 Å². The Kier molecular flexibility index (Phi) is 2.16. The van der Waals surface area contributed by atoms with Gasteiger partial charge in [-0.05, 0) is 27.6 Å². The van der Waals surface area contributed by atoms with Crippen LogP contribution in [0.1, 0.15) is 25.1 Å². The van der Waals surface area contributed by atoms with Gasteiger partial charge in [0, 0.05) is 29.2 Å². The Hall–Kier alpha value is -0.410. The molecule has 13 heavy (non-hydrogen) atoms. The first-order chi connectivity index (χ1) is 6.09. The molecule has 0 saturated carbocycles. The topological polar surface area (TPSA) is 24.9 Å². The summed E-state index contributed by atoms with van der Waals surface area (Å²) in [5.74, 6) is 0. The highest BCUT2D eigenvalue weighted by Gasteiger charge is 2.28. The highest BCUT2D eigenvalue weighted by Crippen LogP contribution is 2.28. The Labute approximate surface area is 86.9 Å². The third kappa shape index (κ3) is 1.63. The number of aromatic nitrogens is 1. The van der Waals surface area contributed by atoms with E-state index < -0.39 is 0 Å². The molecular weight excluding hydrogens is 228 g/mol. The van der Waals surface area contributed by atoms with Gasteiger partial charge in [0.25, 0.3) is 0 Å². The lowest BCUT2D eigenvalue weighted by atomic mass is 9.83. The molecule has 2 heterocycles. The molecule has 70 valence electrons. The third-order valence-electron chi connectivity index (χ3n) is 2.46. The summed E-state index contributed by atoms with van der Waals surface area (Å²) >= 11 is 3.44. The fourth-order valence-corrected chi connectivity index (χ4v) is 2.20. The van der Waals surface area contributed by atoms with Crippen LogP contribution in [0.5, 0.6) is 0 Å². The summed E-state index contributed by atoms with van der Waals surface area (Å²) in [6.07, 6.45) is 1.88. The monoisotopic (exact) mass is 240 g/mol. The predicted molar refractivity (Wildman–Crippen MR) is 56.7 cm³/mol. The second kappa shape index (κ2) is 3.07. The van der Waals surface area contributed by atoms with Crippen molar-refractivity contribution in [3.8, 4) is 0 Å². The lowest BCUT2D eigenvalue weighted by molar-refractivity contribution is 0.421. The van der Waals surface area contributed by atoms with Crippen LogP contribution in [0.2, 0.25) is 0 Å². The van der Waals surface area contributed by atoms with E-state index in [4.69, 9.17) is 0 Å². The molecule has 1 aliphatic heterocycles. The van der Waals surface area contributed by atoms with Gasteiger partial charge in [-0.25, -0.2) is 0 Å². The molecule has 0 aliphatic carbocycles. The average Bonchev–Trinajstić information content (AvgIpc) is 2.02. The molecule has 1 N–H and O–H groups in total.